The minimum absolute atomic E-state index is 0.0892. The second kappa shape index (κ2) is 8.68. The zero-order valence-corrected chi connectivity index (χ0v) is 19.1. The van der Waals surface area contributed by atoms with Crippen LogP contribution in [0.1, 0.15) is 47.4 Å². The summed E-state index contributed by atoms with van der Waals surface area (Å²) in [7, 11) is -3.30. The van der Waals surface area contributed by atoms with Crippen molar-refractivity contribution >= 4 is 27.5 Å². The van der Waals surface area contributed by atoms with Gasteiger partial charge < -0.3 is 5.32 Å². The van der Waals surface area contributed by atoms with Crippen molar-refractivity contribution in [1.82, 2.24) is 14.6 Å². The maximum absolute atomic E-state index is 14.2. The third kappa shape index (κ3) is 4.38. The topological polar surface area (TPSA) is 79.4 Å². The number of aromatic nitrogens is 1. The van der Waals surface area contributed by atoms with E-state index < -0.39 is 43.6 Å². The number of piperidine rings is 1. The van der Waals surface area contributed by atoms with Crippen LogP contribution in [0.3, 0.4) is 0 Å². The van der Waals surface area contributed by atoms with Crippen LogP contribution in [0.5, 0.6) is 0 Å². The monoisotopic (exact) mass is 483 g/mol. The van der Waals surface area contributed by atoms with E-state index in [4.69, 9.17) is 11.6 Å². The molecule has 32 heavy (non-hydrogen) atoms. The molecular formula is C22H24ClF2N3O3S. The molecule has 0 spiro atoms. The molecule has 1 aliphatic heterocycles. The van der Waals surface area contributed by atoms with E-state index in [1.54, 1.807) is 0 Å². The smallest absolute Gasteiger partial charge is 0.255 e. The SMILES string of the molecule is Cc1cccc(C2(CNC(=O)c3c(F)ccc(F)c3Cl)CCN(S(=O)(=O)C3CC3)CC2)n1. The predicted molar refractivity (Wildman–Crippen MR) is 117 cm³/mol. The summed E-state index contributed by atoms with van der Waals surface area (Å²) in [6, 6.07) is 7.28. The molecule has 0 bridgehead atoms. The van der Waals surface area contributed by atoms with Crippen molar-refractivity contribution in [1.29, 1.82) is 0 Å². The van der Waals surface area contributed by atoms with Crippen LogP contribution in [0, 0.1) is 18.6 Å². The average molecular weight is 484 g/mol. The van der Waals surface area contributed by atoms with Crippen LogP contribution in [0.25, 0.3) is 0 Å². The lowest BCUT2D eigenvalue weighted by Gasteiger charge is -2.41. The van der Waals surface area contributed by atoms with Gasteiger partial charge in [0, 0.05) is 36.4 Å². The number of hydrogen-bond donors (Lipinski definition) is 1. The lowest BCUT2D eigenvalue weighted by molar-refractivity contribution is 0.0927. The molecule has 2 fully saturated rings. The highest BCUT2D eigenvalue weighted by Gasteiger charge is 2.45. The third-order valence-corrected chi connectivity index (χ3v) is 9.04. The zero-order valence-electron chi connectivity index (χ0n) is 17.6. The number of sulfonamides is 1. The molecular weight excluding hydrogens is 460 g/mol. The van der Waals surface area contributed by atoms with Crippen molar-refractivity contribution in [2.75, 3.05) is 19.6 Å². The Morgan fingerprint density at radius 2 is 1.84 bits per heavy atom. The zero-order chi connectivity index (χ0) is 23.1. The van der Waals surface area contributed by atoms with E-state index >= 15 is 0 Å². The Hall–Kier alpha value is -2.10. The molecule has 1 N–H and O–H groups in total. The minimum atomic E-state index is -3.30. The van der Waals surface area contributed by atoms with E-state index in [9.17, 15) is 22.0 Å². The summed E-state index contributed by atoms with van der Waals surface area (Å²) in [6.07, 6.45) is 2.27. The van der Waals surface area contributed by atoms with Crippen molar-refractivity contribution < 1.29 is 22.0 Å². The van der Waals surface area contributed by atoms with Gasteiger partial charge >= 0.3 is 0 Å². The van der Waals surface area contributed by atoms with E-state index in [0.29, 0.717) is 38.8 Å². The lowest BCUT2D eigenvalue weighted by atomic mass is 9.75. The van der Waals surface area contributed by atoms with E-state index in [2.05, 4.69) is 10.3 Å². The van der Waals surface area contributed by atoms with Crippen LogP contribution in [-0.2, 0) is 15.4 Å². The number of amides is 1. The molecule has 2 heterocycles. The number of aryl methyl sites for hydroxylation is 1. The van der Waals surface area contributed by atoms with Gasteiger partial charge in [0.15, 0.2) is 0 Å². The Morgan fingerprint density at radius 3 is 2.47 bits per heavy atom. The van der Waals surface area contributed by atoms with Gasteiger partial charge in [0.1, 0.15) is 11.6 Å². The highest BCUT2D eigenvalue weighted by atomic mass is 35.5. The summed E-state index contributed by atoms with van der Waals surface area (Å²) < 4.78 is 54.8. The summed E-state index contributed by atoms with van der Waals surface area (Å²) in [4.78, 5) is 17.3. The van der Waals surface area contributed by atoms with Gasteiger partial charge in [-0.25, -0.2) is 21.5 Å². The van der Waals surface area contributed by atoms with Crippen LogP contribution < -0.4 is 5.32 Å². The van der Waals surface area contributed by atoms with Crippen LogP contribution in [-0.4, -0.2) is 48.5 Å². The maximum atomic E-state index is 14.2. The number of nitrogens with zero attached hydrogens (tertiary/aromatic N) is 2. The molecule has 10 heteroatoms. The lowest BCUT2D eigenvalue weighted by Crippen LogP contribution is -2.51. The first kappa shape index (κ1) is 23.1. The number of nitrogens with one attached hydrogen (secondary N) is 1. The van der Waals surface area contributed by atoms with Gasteiger partial charge in [-0.2, -0.15) is 0 Å². The van der Waals surface area contributed by atoms with Crippen molar-refractivity contribution in [2.45, 2.75) is 43.3 Å². The molecule has 6 nitrogen and oxygen atoms in total. The predicted octanol–water partition coefficient (Wildman–Crippen LogP) is 3.58. The molecule has 2 aromatic rings. The number of carbonyl (C=O) groups excluding carboxylic acids is 1. The standard InChI is InChI=1S/C22H24ClF2N3O3S/c1-14-3-2-4-18(27-14)22(9-11-28(12-10-22)32(30,31)15-5-6-15)13-26-21(29)19-16(24)7-8-17(25)20(19)23/h2-4,7-8,15H,5-6,9-13H2,1H3,(H,26,29). The number of hydrogen-bond acceptors (Lipinski definition) is 4. The fourth-order valence-electron chi connectivity index (χ4n) is 4.18. The van der Waals surface area contributed by atoms with Gasteiger partial charge in [0.05, 0.1) is 15.8 Å². The Balaban J connectivity index is 1.58. The Morgan fingerprint density at radius 1 is 1.19 bits per heavy atom. The summed E-state index contributed by atoms with van der Waals surface area (Å²) in [6.45, 7) is 2.55. The molecule has 1 aliphatic carbocycles. The number of rotatable bonds is 6. The van der Waals surface area contributed by atoms with Crippen LogP contribution in [0.4, 0.5) is 8.78 Å². The van der Waals surface area contributed by atoms with Gasteiger partial charge in [0.2, 0.25) is 10.0 Å². The van der Waals surface area contributed by atoms with E-state index in [1.165, 1.54) is 4.31 Å². The van der Waals surface area contributed by atoms with Gasteiger partial charge in [-0.05, 0) is 56.9 Å². The Kier molecular flexibility index (Phi) is 6.26. The molecule has 2 aliphatic rings. The number of benzene rings is 1. The number of pyridine rings is 1. The molecule has 1 amide bonds. The van der Waals surface area contributed by atoms with E-state index in [1.807, 2.05) is 25.1 Å². The molecule has 1 saturated heterocycles. The second-order valence-corrected chi connectivity index (χ2v) is 11.1. The maximum Gasteiger partial charge on any atom is 0.255 e. The third-order valence-electron chi connectivity index (χ3n) is 6.28. The van der Waals surface area contributed by atoms with E-state index in [-0.39, 0.29) is 11.8 Å². The van der Waals surface area contributed by atoms with Crippen LogP contribution >= 0.6 is 11.6 Å². The van der Waals surface area contributed by atoms with Crippen molar-refractivity contribution in [2.24, 2.45) is 0 Å². The summed E-state index contributed by atoms with van der Waals surface area (Å²) in [5.41, 5.74) is 0.327. The highest BCUT2D eigenvalue weighted by Crippen LogP contribution is 2.38. The highest BCUT2D eigenvalue weighted by molar-refractivity contribution is 7.90. The first-order valence-electron chi connectivity index (χ1n) is 10.5. The largest absolute Gasteiger partial charge is 0.351 e. The van der Waals surface area contributed by atoms with Gasteiger partial charge in [-0.15, -0.1) is 0 Å². The first-order chi connectivity index (χ1) is 15.1. The second-order valence-electron chi connectivity index (χ2n) is 8.49. The molecule has 4 rings (SSSR count). The Bertz CT molecular complexity index is 1150. The van der Waals surface area contributed by atoms with Gasteiger partial charge in [0.25, 0.3) is 5.91 Å². The summed E-state index contributed by atoms with van der Waals surface area (Å²) in [5.74, 6) is -2.62. The molecule has 172 valence electrons. The molecule has 1 aromatic heterocycles. The van der Waals surface area contributed by atoms with Gasteiger partial charge in [-0.3, -0.25) is 9.78 Å². The number of halogens is 3. The van der Waals surface area contributed by atoms with Crippen molar-refractivity contribution in [3.05, 3.63) is 63.9 Å². The van der Waals surface area contributed by atoms with Crippen molar-refractivity contribution in [3.63, 3.8) is 0 Å². The van der Waals surface area contributed by atoms with Gasteiger partial charge in [-0.1, -0.05) is 17.7 Å². The quantitative estimate of drug-likeness (QED) is 0.637. The van der Waals surface area contributed by atoms with Crippen LogP contribution in [0.2, 0.25) is 5.02 Å². The number of carbonyl (C=O) groups is 1. The Labute approximate surface area is 191 Å². The first-order valence-corrected chi connectivity index (χ1v) is 12.4. The molecule has 0 atom stereocenters. The molecule has 1 aromatic carbocycles. The normalized spacial score (nSPS) is 19.0. The molecule has 0 radical (unpaired) electrons. The fourth-order valence-corrected chi connectivity index (χ4v) is 6.26. The minimum Gasteiger partial charge on any atom is -0.351 e. The summed E-state index contributed by atoms with van der Waals surface area (Å²) in [5, 5.41) is 1.83. The van der Waals surface area contributed by atoms with Crippen LogP contribution in [0.15, 0.2) is 30.3 Å². The summed E-state index contributed by atoms with van der Waals surface area (Å²) >= 11 is 5.83. The van der Waals surface area contributed by atoms with Crippen molar-refractivity contribution in [3.8, 4) is 0 Å². The average Bonchev–Trinajstić information content (AvgIpc) is 3.62. The molecule has 0 unspecified atom stereocenters. The van der Waals surface area contributed by atoms with E-state index in [0.717, 1.165) is 23.5 Å². The fraction of sp³-hybridized carbons (Fsp3) is 0.455. The molecule has 1 saturated carbocycles.